The van der Waals surface area contributed by atoms with Gasteiger partial charge in [0.15, 0.2) is 6.10 Å². The van der Waals surface area contributed by atoms with Crippen molar-refractivity contribution in [3.63, 3.8) is 0 Å². The Morgan fingerprint density at radius 3 is 2.55 bits per heavy atom. The molecule has 0 aliphatic heterocycles. The van der Waals surface area contributed by atoms with Crippen molar-refractivity contribution in [2.24, 2.45) is 0 Å². The maximum atomic E-state index is 11.7. The molecule has 2 N–H and O–H groups in total. The van der Waals surface area contributed by atoms with E-state index in [0.29, 0.717) is 0 Å². The fourth-order valence-corrected chi connectivity index (χ4v) is 2.45. The van der Waals surface area contributed by atoms with E-state index in [0.717, 1.165) is 16.0 Å². The maximum Gasteiger partial charge on any atom is 0.321 e. The van der Waals surface area contributed by atoms with Crippen LogP contribution in [0.4, 0.5) is 4.79 Å². The zero-order valence-corrected chi connectivity index (χ0v) is 13.9. The maximum absolute atomic E-state index is 11.7. The Kier molecular flexibility index (Phi) is 6.91. The highest BCUT2D eigenvalue weighted by Crippen LogP contribution is 2.23. The van der Waals surface area contributed by atoms with Gasteiger partial charge < -0.3 is 10.1 Å². The van der Waals surface area contributed by atoms with Crippen molar-refractivity contribution >= 4 is 29.7 Å². The third-order valence-corrected chi connectivity index (χ3v) is 3.97. The van der Waals surface area contributed by atoms with Crippen LogP contribution in [-0.2, 0) is 14.3 Å². The first-order valence-electron chi connectivity index (χ1n) is 6.75. The van der Waals surface area contributed by atoms with Crippen LogP contribution in [0.1, 0.15) is 18.1 Å². The van der Waals surface area contributed by atoms with Crippen LogP contribution >= 0.6 is 11.8 Å². The van der Waals surface area contributed by atoms with Gasteiger partial charge in [0.25, 0.3) is 5.91 Å². The van der Waals surface area contributed by atoms with E-state index in [4.69, 9.17) is 4.74 Å². The van der Waals surface area contributed by atoms with Crippen LogP contribution in [0.25, 0.3) is 0 Å². The normalized spacial score (nSPS) is 11.5. The number of thioether (sulfide) groups is 1. The molecule has 120 valence electrons. The van der Waals surface area contributed by atoms with Crippen molar-refractivity contribution in [2.45, 2.75) is 31.8 Å². The molecule has 3 amide bonds. The Bertz CT molecular complexity index is 575. The smallest absolute Gasteiger partial charge is 0.321 e. The summed E-state index contributed by atoms with van der Waals surface area (Å²) in [4.78, 5) is 35.3. The van der Waals surface area contributed by atoms with Crippen LogP contribution in [0.5, 0.6) is 0 Å². The van der Waals surface area contributed by atoms with Crippen LogP contribution in [-0.4, -0.2) is 36.8 Å². The number of hydrogen-bond donors (Lipinski definition) is 2. The average Bonchev–Trinajstić information content (AvgIpc) is 2.45. The van der Waals surface area contributed by atoms with Gasteiger partial charge in [-0.2, -0.15) is 0 Å². The van der Waals surface area contributed by atoms with Gasteiger partial charge >= 0.3 is 12.0 Å². The third kappa shape index (κ3) is 5.77. The molecule has 0 unspecified atom stereocenters. The third-order valence-electron chi connectivity index (χ3n) is 2.82. The molecular weight excluding hydrogens is 304 g/mol. The second kappa shape index (κ2) is 8.43. The molecule has 0 spiro atoms. The molecule has 0 aliphatic carbocycles. The van der Waals surface area contributed by atoms with Crippen LogP contribution in [0.2, 0.25) is 0 Å². The van der Waals surface area contributed by atoms with E-state index < -0.39 is 24.0 Å². The Balaban J connectivity index is 2.45. The predicted octanol–water partition coefficient (Wildman–Crippen LogP) is 1.78. The van der Waals surface area contributed by atoms with Crippen LogP contribution in [0.15, 0.2) is 23.1 Å². The molecule has 0 aliphatic rings. The Labute approximate surface area is 134 Å². The molecule has 1 aromatic rings. The molecule has 1 aromatic carbocycles. The van der Waals surface area contributed by atoms with Crippen LogP contribution in [0.3, 0.4) is 0 Å². The zero-order chi connectivity index (χ0) is 16.7. The van der Waals surface area contributed by atoms with Gasteiger partial charge in [0.1, 0.15) is 0 Å². The highest BCUT2D eigenvalue weighted by molar-refractivity contribution is 8.00. The molecule has 0 saturated heterocycles. The predicted molar refractivity (Wildman–Crippen MR) is 84.8 cm³/mol. The fourth-order valence-electron chi connectivity index (χ4n) is 1.66. The standard InChI is InChI=1S/C15H20N2O4S/c1-9-5-6-12(10(2)7-9)22-8-13(18)21-11(3)14(19)17-15(20)16-4/h5-7,11H,8H2,1-4H3,(H2,16,17,19,20)/t11-/m1/s1. The molecule has 0 aromatic heterocycles. The van der Waals surface area contributed by atoms with E-state index in [1.54, 1.807) is 0 Å². The number of urea groups is 1. The number of imide groups is 1. The summed E-state index contributed by atoms with van der Waals surface area (Å²) in [7, 11) is 1.39. The topological polar surface area (TPSA) is 84.5 Å². The van der Waals surface area contributed by atoms with Gasteiger partial charge in [-0.05, 0) is 32.4 Å². The van der Waals surface area contributed by atoms with E-state index in [1.165, 1.54) is 25.7 Å². The number of esters is 1. The lowest BCUT2D eigenvalue weighted by atomic mass is 10.2. The average molecular weight is 324 g/mol. The van der Waals surface area contributed by atoms with Gasteiger partial charge in [0.2, 0.25) is 0 Å². The Morgan fingerprint density at radius 1 is 1.27 bits per heavy atom. The van der Waals surface area contributed by atoms with Gasteiger partial charge in [-0.1, -0.05) is 17.7 Å². The summed E-state index contributed by atoms with van der Waals surface area (Å²) in [5, 5.41) is 4.30. The number of carbonyl (C=O) groups is 3. The monoisotopic (exact) mass is 324 g/mol. The molecule has 22 heavy (non-hydrogen) atoms. The molecule has 0 saturated carbocycles. The summed E-state index contributed by atoms with van der Waals surface area (Å²) >= 11 is 1.35. The number of rotatable bonds is 5. The van der Waals surface area contributed by atoms with Crippen LogP contribution < -0.4 is 10.6 Å². The molecule has 6 nitrogen and oxygen atoms in total. The van der Waals surface area contributed by atoms with E-state index in [2.05, 4.69) is 10.6 Å². The van der Waals surface area contributed by atoms with Crippen LogP contribution in [0, 0.1) is 13.8 Å². The number of nitrogens with one attached hydrogen (secondary N) is 2. The number of amides is 3. The van der Waals surface area contributed by atoms with Crippen molar-refractivity contribution in [3.05, 3.63) is 29.3 Å². The van der Waals surface area contributed by atoms with E-state index in [-0.39, 0.29) is 5.75 Å². The summed E-state index contributed by atoms with van der Waals surface area (Å²) < 4.78 is 4.99. The lowest BCUT2D eigenvalue weighted by molar-refractivity contribution is -0.151. The van der Waals surface area contributed by atoms with Gasteiger partial charge in [-0.15, -0.1) is 11.8 Å². The summed E-state index contributed by atoms with van der Waals surface area (Å²) in [6.07, 6.45) is -1.02. The number of carbonyl (C=O) groups excluding carboxylic acids is 3. The zero-order valence-electron chi connectivity index (χ0n) is 13.1. The minimum atomic E-state index is -1.02. The van der Waals surface area contributed by atoms with Gasteiger partial charge in [0.05, 0.1) is 5.75 Å². The molecule has 0 bridgehead atoms. The number of benzene rings is 1. The minimum Gasteiger partial charge on any atom is -0.452 e. The van der Waals surface area contributed by atoms with Crippen molar-refractivity contribution in [2.75, 3.05) is 12.8 Å². The highest BCUT2D eigenvalue weighted by Gasteiger charge is 2.19. The number of hydrogen-bond acceptors (Lipinski definition) is 5. The lowest BCUT2D eigenvalue weighted by Gasteiger charge is -2.13. The van der Waals surface area contributed by atoms with Gasteiger partial charge in [-0.25, -0.2) is 4.79 Å². The summed E-state index contributed by atoms with van der Waals surface area (Å²) in [5.74, 6) is -1.07. The molecule has 0 heterocycles. The Hall–Kier alpha value is -2.02. The number of aryl methyl sites for hydroxylation is 2. The Morgan fingerprint density at radius 2 is 1.95 bits per heavy atom. The van der Waals surface area contributed by atoms with E-state index >= 15 is 0 Å². The summed E-state index contributed by atoms with van der Waals surface area (Å²) in [6.45, 7) is 5.39. The second-order valence-corrected chi connectivity index (χ2v) is 5.78. The van der Waals surface area contributed by atoms with Crippen molar-refractivity contribution in [3.8, 4) is 0 Å². The first kappa shape index (κ1) is 18.0. The van der Waals surface area contributed by atoms with Gasteiger partial charge in [-0.3, -0.25) is 14.9 Å². The quantitative estimate of drug-likeness (QED) is 0.637. The highest BCUT2D eigenvalue weighted by atomic mass is 32.2. The lowest BCUT2D eigenvalue weighted by Crippen LogP contribution is -2.43. The summed E-state index contributed by atoms with van der Waals surface area (Å²) in [5.41, 5.74) is 2.24. The van der Waals surface area contributed by atoms with Gasteiger partial charge in [0, 0.05) is 11.9 Å². The summed E-state index contributed by atoms with van der Waals surface area (Å²) in [6, 6.07) is 5.31. The first-order chi connectivity index (χ1) is 10.3. The minimum absolute atomic E-state index is 0.0987. The molecule has 0 fully saturated rings. The van der Waals surface area contributed by atoms with E-state index in [9.17, 15) is 14.4 Å². The van der Waals surface area contributed by atoms with Crippen molar-refractivity contribution in [1.82, 2.24) is 10.6 Å². The fraction of sp³-hybridized carbons (Fsp3) is 0.400. The van der Waals surface area contributed by atoms with Crippen molar-refractivity contribution in [1.29, 1.82) is 0 Å². The molecular formula is C15H20N2O4S. The molecule has 1 rings (SSSR count). The molecule has 1 atom stereocenters. The number of ether oxygens (including phenoxy) is 1. The molecule has 7 heteroatoms. The first-order valence-corrected chi connectivity index (χ1v) is 7.74. The molecule has 0 radical (unpaired) electrons. The van der Waals surface area contributed by atoms with Crippen molar-refractivity contribution < 1.29 is 19.1 Å². The second-order valence-electron chi connectivity index (χ2n) is 4.76. The SMILES string of the molecule is CNC(=O)NC(=O)[C@@H](C)OC(=O)CSc1ccc(C)cc1C. The van der Waals surface area contributed by atoms with E-state index in [1.807, 2.05) is 32.0 Å². The largest absolute Gasteiger partial charge is 0.452 e.